The van der Waals surface area contributed by atoms with E-state index in [-0.39, 0.29) is 11.5 Å². The van der Waals surface area contributed by atoms with E-state index in [4.69, 9.17) is 9.84 Å². The summed E-state index contributed by atoms with van der Waals surface area (Å²) in [7, 11) is -2.09. The number of carboxylic acids is 1. The topological polar surface area (TPSA) is 105 Å². The molecule has 0 amide bonds. The van der Waals surface area contributed by atoms with E-state index in [1.807, 2.05) is 0 Å². The van der Waals surface area contributed by atoms with Crippen LogP contribution in [0.2, 0.25) is 0 Å². The first-order valence-electron chi connectivity index (χ1n) is 5.98. The van der Waals surface area contributed by atoms with Crippen LogP contribution in [0.15, 0.2) is 29.2 Å². The maximum atomic E-state index is 11.7. The van der Waals surface area contributed by atoms with Crippen molar-refractivity contribution in [3.8, 4) is 0 Å². The molecule has 1 rings (SSSR count). The number of methoxy groups -OCH3 is 1. The fourth-order valence-electron chi connectivity index (χ4n) is 1.55. The highest BCUT2D eigenvalue weighted by molar-refractivity contribution is 7.89. The second kappa shape index (κ2) is 7.22. The minimum atomic E-state index is -3.50. The van der Waals surface area contributed by atoms with E-state index in [0.29, 0.717) is 12.2 Å². The van der Waals surface area contributed by atoms with Crippen molar-refractivity contribution in [2.24, 2.45) is 0 Å². The summed E-state index contributed by atoms with van der Waals surface area (Å²) in [5.41, 5.74) is 0.505. The Hall–Kier alpha value is -1.64. The summed E-state index contributed by atoms with van der Waals surface area (Å²) in [5.74, 6) is -1.05. The Labute approximate surface area is 118 Å². The summed E-state index contributed by atoms with van der Waals surface area (Å²) in [5, 5.41) is 11.7. The second-order valence-corrected chi connectivity index (χ2v) is 5.78. The molecule has 0 saturated carbocycles. The number of anilines is 1. The average Bonchev–Trinajstić information content (AvgIpc) is 2.38. The van der Waals surface area contributed by atoms with Crippen LogP contribution in [-0.2, 0) is 19.6 Å². The Bertz CT molecular complexity index is 541. The lowest BCUT2D eigenvalue weighted by molar-refractivity contribution is -0.139. The van der Waals surface area contributed by atoms with Crippen LogP contribution in [0.5, 0.6) is 0 Å². The van der Waals surface area contributed by atoms with Gasteiger partial charge in [-0.3, -0.25) is 0 Å². The zero-order valence-electron chi connectivity index (χ0n) is 11.3. The van der Waals surface area contributed by atoms with Gasteiger partial charge in [0.25, 0.3) is 0 Å². The molecule has 1 atom stereocenters. The van der Waals surface area contributed by atoms with Crippen molar-refractivity contribution < 1.29 is 23.1 Å². The van der Waals surface area contributed by atoms with Gasteiger partial charge >= 0.3 is 5.97 Å². The van der Waals surface area contributed by atoms with Gasteiger partial charge in [-0.15, -0.1) is 0 Å². The molecule has 1 aromatic rings. The first kappa shape index (κ1) is 16.4. The molecule has 0 spiro atoms. The number of ether oxygens (including phenoxy) is 1. The third-order valence-electron chi connectivity index (χ3n) is 2.47. The van der Waals surface area contributed by atoms with Gasteiger partial charge in [0, 0.05) is 19.3 Å². The van der Waals surface area contributed by atoms with Crippen LogP contribution in [0, 0.1) is 0 Å². The molecule has 0 fully saturated rings. The maximum absolute atomic E-state index is 11.7. The summed E-state index contributed by atoms with van der Waals surface area (Å²) < 4.78 is 30.6. The summed E-state index contributed by atoms with van der Waals surface area (Å²) in [4.78, 5) is 11.1. The van der Waals surface area contributed by atoms with Gasteiger partial charge in [0.1, 0.15) is 6.04 Å². The van der Waals surface area contributed by atoms with Crippen LogP contribution >= 0.6 is 0 Å². The highest BCUT2D eigenvalue weighted by Crippen LogP contribution is 2.14. The van der Waals surface area contributed by atoms with Gasteiger partial charge in [0.05, 0.1) is 11.5 Å². The summed E-state index contributed by atoms with van der Waals surface area (Å²) in [6.07, 6.45) is 0. The summed E-state index contributed by atoms with van der Waals surface area (Å²) >= 11 is 0. The Morgan fingerprint density at radius 3 is 2.40 bits per heavy atom. The van der Waals surface area contributed by atoms with Crippen molar-refractivity contribution in [1.82, 2.24) is 4.72 Å². The van der Waals surface area contributed by atoms with Crippen molar-refractivity contribution in [1.29, 1.82) is 0 Å². The van der Waals surface area contributed by atoms with Crippen LogP contribution < -0.4 is 10.0 Å². The zero-order valence-corrected chi connectivity index (χ0v) is 12.1. The molecule has 0 aliphatic rings. The van der Waals surface area contributed by atoms with Crippen molar-refractivity contribution in [3.63, 3.8) is 0 Å². The molecule has 0 bridgehead atoms. The minimum absolute atomic E-state index is 0.00672. The highest BCUT2D eigenvalue weighted by Gasteiger charge is 2.17. The molecule has 7 nitrogen and oxygen atoms in total. The molecule has 1 unspecified atom stereocenters. The van der Waals surface area contributed by atoms with Crippen LogP contribution in [0.4, 0.5) is 5.69 Å². The molecule has 8 heteroatoms. The Kier molecular flexibility index (Phi) is 5.93. The van der Waals surface area contributed by atoms with Gasteiger partial charge < -0.3 is 15.2 Å². The molecule has 3 N–H and O–H groups in total. The van der Waals surface area contributed by atoms with Gasteiger partial charge in [0.15, 0.2) is 0 Å². The molecular formula is C12H18N2O5S. The first-order chi connectivity index (χ1) is 9.40. The first-order valence-corrected chi connectivity index (χ1v) is 7.47. The van der Waals surface area contributed by atoms with E-state index in [2.05, 4.69) is 10.0 Å². The largest absolute Gasteiger partial charge is 0.480 e. The Morgan fingerprint density at radius 2 is 1.95 bits per heavy atom. The highest BCUT2D eigenvalue weighted by atomic mass is 32.2. The van der Waals surface area contributed by atoms with Crippen molar-refractivity contribution in [3.05, 3.63) is 24.3 Å². The third kappa shape index (κ3) is 4.48. The third-order valence-corrected chi connectivity index (χ3v) is 4.03. The number of rotatable bonds is 8. The summed E-state index contributed by atoms with van der Waals surface area (Å²) in [6, 6.07) is 4.94. The normalized spacial score (nSPS) is 12.9. The van der Waals surface area contributed by atoms with E-state index in [9.17, 15) is 13.2 Å². The predicted molar refractivity (Wildman–Crippen MR) is 74.2 cm³/mol. The quantitative estimate of drug-likeness (QED) is 0.646. The Morgan fingerprint density at radius 1 is 1.35 bits per heavy atom. The van der Waals surface area contributed by atoms with E-state index >= 15 is 0 Å². The summed E-state index contributed by atoms with van der Waals surface area (Å²) in [6.45, 7) is 2.00. The van der Waals surface area contributed by atoms with Gasteiger partial charge in [-0.1, -0.05) is 6.92 Å². The molecule has 112 valence electrons. The Balaban J connectivity index is 2.83. The number of benzene rings is 1. The smallest absolute Gasteiger partial charge is 0.328 e. The SMILES string of the molecule is CCNS(=O)(=O)c1ccc(NC(COC)C(=O)O)cc1. The van der Waals surface area contributed by atoms with Crippen molar-refractivity contribution in [2.75, 3.05) is 25.6 Å². The number of carbonyl (C=O) groups is 1. The molecule has 0 aliphatic heterocycles. The maximum Gasteiger partial charge on any atom is 0.328 e. The molecule has 0 aromatic heterocycles. The average molecular weight is 302 g/mol. The number of aliphatic carboxylic acids is 1. The fourth-order valence-corrected chi connectivity index (χ4v) is 2.59. The molecule has 20 heavy (non-hydrogen) atoms. The van der Waals surface area contributed by atoms with Crippen LogP contribution in [-0.4, -0.2) is 45.8 Å². The number of hydrogen-bond donors (Lipinski definition) is 3. The van der Waals surface area contributed by atoms with Crippen LogP contribution in [0.25, 0.3) is 0 Å². The molecule has 0 heterocycles. The standard InChI is InChI=1S/C12H18N2O5S/c1-3-13-20(17,18)10-6-4-9(5-7-10)14-11(8-19-2)12(15)16/h4-7,11,13-14H,3,8H2,1-2H3,(H,15,16). The monoisotopic (exact) mass is 302 g/mol. The molecule has 0 saturated heterocycles. The van der Waals surface area contributed by atoms with E-state index in [1.54, 1.807) is 6.92 Å². The molecule has 0 radical (unpaired) electrons. The van der Waals surface area contributed by atoms with Gasteiger partial charge in [-0.25, -0.2) is 17.9 Å². The minimum Gasteiger partial charge on any atom is -0.480 e. The number of carboxylic acid groups (broad SMARTS) is 1. The van der Waals surface area contributed by atoms with Crippen molar-refractivity contribution in [2.45, 2.75) is 17.9 Å². The predicted octanol–water partition coefficient (Wildman–Crippen LogP) is 0.496. The second-order valence-electron chi connectivity index (χ2n) is 4.02. The van der Waals surface area contributed by atoms with Gasteiger partial charge in [-0.05, 0) is 24.3 Å². The molecular weight excluding hydrogens is 284 g/mol. The lowest BCUT2D eigenvalue weighted by Crippen LogP contribution is -2.33. The van der Waals surface area contributed by atoms with Gasteiger partial charge in [0.2, 0.25) is 10.0 Å². The lowest BCUT2D eigenvalue weighted by atomic mass is 10.2. The number of hydrogen-bond acceptors (Lipinski definition) is 5. The molecule has 1 aromatic carbocycles. The van der Waals surface area contributed by atoms with E-state index < -0.39 is 22.0 Å². The van der Waals surface area contributed by atoms with Crippen molar-refractivity contribution >= 4 is 21.7 Å². The van der Waals surface area contributed by atoms with E-state index in [0.717, 1.165) is 0 Å². The number of nitrogens with one attached hydrogen (secondary N) is 2. The molecule has 0 aliphatic carbocycles. The zero-order chi connectivity index (χ0) is 15.2. The van der Waals surface area contributed by atoms with Crippen LogP contribution in [0.1, 0.15) is 6.92 Å². The lowest BCUT2D eigenvalue weighted by Gasteiger charge is -2.15. The van der Waals surface area contributed by atoms with Crippen LogP contribution in [0.3, 0.4) is 0 Å². The fraction of sp³-hybridized carbons (Fsp3) is 0.417. The number of sulfonamides is 1. The van der Waals surface area contributed by atoms with E-state index in [1.165, 1.54) is 31.4 Å². The van der Waals surface area contributed by atoms with Gasteiger partial charge in [-0.2, -0.15) is 0 Å².